The van der Waals surface area contributed by atoms with Gasteiger partial charge in [0.1, 0.15) is 11.4 Å². The molecule has 0 saturated heterocycles. The topological polar surface area (TPSA) is 21.3 Å². The van der Waals surface area contributed by atoms with Gasteiger partial charge in [0.05, 0.1) is 5.02 Å². The van der Waals surface area contributed by atoms with Gasteiger partial charge in [0.25, 0.3) is 0 Å². The Hall–Kier alpha value is -0.730. The molecule has 0 spiro atoms. The molecular formula is C13H18ClNO. The molecule has 0 aliphatic carbocycles. The molecule has 1 N–H and O–H groups in total. The predicted octanol–water partition coefficient (Wildman–Crippen LogP) is 3.47. The summed E-state index contributed by atoms with van der Waals surface area (Å²) in [5.74, 6) is 0.836. The zero-order valence-corrected chi connectivity index (χ0v) is 11.0. The van der Waals surface area contributed by atoms with E-state index in [-0.39, 0.29) is 5.60 Å². The number of hydrogen-bond acceptors (Lipinski definition) is 2. The van der Waals surface area contributed by atoms with Gasteiger partial charge in [-0.25, -0.2) is 0 Å². The summed E-state index contributed by atoms with van der Waals surface area (Å²) >= 11 is 6.24. The predicted molar refractivity (Wildman–Crippen MR) is 67.3 cm³/mol. The Kier molecular flexibility index (Phi) is 2.89. The summed E-state index contributed by atoms with van der Waals surface area (Å²) in [6, 6.07) is 4.42. The molecule has 1 heterocycles. The van der Waals surface area contributed by atoms with E-state index in [1.54, 1.807) is 0 Å². The van der Waals surface area contributed by atoms with E-state index >= 15 is 0 Å². The van der Waals surface area contributed by atoms with E-state index in [4.69, 9.17) is 16.3 Å². The van der Waals surface area contributed by atoms with Gasteiger partial charge < -0.3 is 10.1 Å². The van der Waals surface area contributed by atoms with Crippen LogP contribution in [-0.2, 0) is 0 Å². The fourth-order valence-corrected chi connectivity index (χ4v) is 2.62. The second-order valence-electron chi connectivity index (χ2n) is 5.07. The summed E-state index contributed by atoms with van der Waals surface area (Å²) in [5, 5.41) is 4.04. The second kappa shape index (κ2) is 3.94. The highest BCUT2D eigenvalue weighted by molar-refractivity contribution is 6.32. The largest absolute Gasteiger partial charge is 0.486 e. The zero-order valence-electron chi connectivity index (χ0n) is 10.2. The number of halogens is 1. The van der Waals surface area contributed by atoms with Gasteiger partial charge in [-0.1, -0.05) is 17.7 Å². The summed E-state index contributed by atoms with van der Waals surface area (Å²) in [6.45, 7) is 6.24. The van der Waals surface area contributed by atoms with Gasteiger partial charge in [-0.3, -0.25) is 0 Å². The monoisotopic (exact) mass is 239 g/mol. The fourth-order valence-electron chi connectivity index (χ4n) is 2.30. The lowest BCUT2D eigenvalue weighted by Crippen LogP contribution is -2.38. The van der Waals surface area contributed by atoms with E-state index in [0.29, 0.717) is 11.1 Å². The number of nitrogens with one attached hydrogen (secondary N) is 1. The van der Waals surface area contributed by atoms with Gasteiger partial charge in [-0.05, 0) is 39.4 Å². The van der Waals surface area contributed by atoms with Crippen molar-refractivity contribution in [3.05, 3.63) is 28.3 Å². The van der Waals surface area contributed by atoms with Crippen molar-refractivity contribution in [1.29, 1.82) is 0 Å². The maximum Gasteiger partial charge on any atom is 0.143 e. The first-order valence-electron chi connectivity index (χ1n) is 5.59. The standard InChI is InChI=1S/C13H18ClNO/c1-8-5-9-11(15-4)7-13(2,3)16-12(9)10(14)6-8/h5-6,11,15H,7H2,1-4H3. The third-order valence-electron chi connectivity index (χ3n) is 3.01. The van der Waals surface area contributed by atoms with Crippen molar-refractivity contribution in [2.24, 2.45) is 0 Å². The highest BCUT2D eigenvalue weighted by Gasteiger charge is 2.34. The Labute approximate surface area is 102 Å². The van der Waals surface area contributed by atoms with Crippen LogP contribution in [0.15, 0.2) is 12.1 Å². The van der Waals surface area contributed by atoms with Crippen molar-refractivity contribution >= 4 is 11.6 Å². The quantitative estimate of drug-likeness (QED) is 0.810. The van der Waals surface area contributed by atoms with Gasteiger partial charge >= 0.3 is 0 Å². The molecule has 0 saturated carbocycles. The SMILES string of the molecule is CNC1CC(C)(C)Oc2c(Cl)cc(C)cc21. The maximum atomic E-state index is 6.24. The first-order chi connectivity index (χ1) is 7.43. The van der Waals surface area contributed by atoms with Crippen molar-refractivity contribution in [1.82, 2.24) is 5.32 Å². The van der Waals surface area contributed by atoms with Crippen LogP contribution in [0, 0.1) is 6.92 Å². The molecule has 1 atom stereocenters. The minimum Gasteiger partial charge on any atom is -0.486 e. The van der Waals surface area contributed by atoms with Crippen LogP contribution in [0.25, 0.3) is 0 Å². The molecule has 88 valence electrons. The van der Waals surface area contributed by atoms with E-state index in [9.17, 15) is 0 Å². The highest BCUT2D eigenvalue weighted by atomic mass is 35.5. The van der Waals surface area contributed by atoms with Crippen LogP contribution in [-0.4, -0.2) is 12.6 Å². The summed E-state index contributed by atoms with van der Waals surface area (Å²) in [6.07, 6.45) is 0.955. The molecular weight excluding hydrogens is 222 g/mol. The van der Waals surface area contributed by atoms with Crippen LogP contribution in [0.3, 0.4) is 0 Å². The molecule has 16 heavy (non-hydrogen) atoms. The van der Waals surface area contributed by atoms with Crippen molar-refractivity contribution in [3.63, 3.8) is 0 Å². The molecule has 0 amide bonds. The molecule has 0 fully saturated rings. The van der Waals surface area contributed by atoms with Gasteiger partial charge in [0.15, 0.2) is 0 Å². The fraction of sp³-hybridized carbons (Fsp3) is 0.538. The number of fused-ring (bicyclic) bond motifs is 1. The van der Waals surface area contributed by atoms with E-state index in [2.05, 4.69) is 32.2 Å². The lowest BCUT2D eigenvalue weighted by molar-refractivity contribution is 0.0676. The molecule has 0 bridgehead atoms. The maximum absolute atomic E-state index is 6.24. The third kappa shape index (κ3) is 2.04. The van der Waals surface area contributed by atoms with Crippen LogP contribution < -0.4 is 10.1 Å². The zero-order chi connectivity index (χ0) is 11.9. The highest BCUT2D eigenvalue weighted by Crippen LogP contribution is 2.43. The molecule has 0 aromatic heterocycles. The van der Waals surface area contributed by atoms with E-state index in [1.165, 1.54) is 11.1 Å². The summed E-state index contributed by atoms with van der Waals surface area (Å²) < 4.78 is 5.97. The minimum absolute atomic E-state index is 0.167. The van der Waals surface area contributed by atoms with Gasteiger partial charge in [0, 0.05) is 18.0 Å². The smallest absolute Gasteiger partial charge is 0.143 e. The number of rotatable bonds is 1. The van der Waals surface area contributed by atoms with Gasteiger partial charge in [-0.2, -0.15) is 0 Å². The third-order valence-corrected chi connectivity index (χ3v) is 3.30. The van der Waals surface area contributed by atoms with Crippen LogP contribution >= 0.6 is 11.6 Å². The molecule has 0 radical (unpaired) electrons. The Morgan fingerprint density at radius 2 is 2.12 bits per heavy atom. The lowest BCUT2D eigenvalue weighted by atomic mass is 9.89. The van der Waals surface area contributed by atoms with E-state index < -0.39 is 0 Å². The lowest BCUT2D eigenvalue weighted by Gasteiger charge is -2.38. The average Bonchev–Trinajstić information content (AvgIpc) is 2.18. The normalized spacial score (nSPS) is 22.4. The summed E-state index contributed by atoms with van der Waals surface area (Å²) in [5.41, 5.74) is 2.18. The minimum atomic E-state index is -0.167. The number of ether oxygens (including phenoxy) is 1. The summed E-state index contributed by atoms with van der Waals surface area (Å²) in [7, 11) is 1.98. The molecule has 2 rings (SSSR count). The van der Waals surface area contributed by atoms with Crippen molar-refractivity contribution in [2.45, 2.75) is 38.8 Å². The first-order valence-corrected chi connectivity index (χ1v) is 5.97. The number of aryl methyl sites for hydroxylation is 1. The van der Waals surface area contributed by atoms with Gasteiger partial charge in [-0.15, -0.1) is 0 Å². The number of hydrogen-bond donors (Lipinski definition) is 1. The Morgan fingerprint density at radius 3 is 2.75 bits per heavy atom. The molecule has 1 aliphatic rings. The first kappa shape index (κ1) is 11.7. The van der Waals surface area contributed by atoms with E-state index in [1.807, 2.05) is 13.1 Å². The van der Waals surface area contributed by atoms with Crippen LogP contribution in [0.1, 0.15) is 37.4 Å². The Bertz CT molecular complexity index is 415. The molecule has 1 aromatic carbocycles. The van der Waals surface area contributed by atoms with Crippen molar-refractivity contribution in [3.8, 4) is 5.75 Å². The Morgan fingerprint density at radius 1 is 1.44 bits per heavy atom. The number of benzene rings is 1. The molecule has 1 aliphatic heterocycles. The molecule has 1 aromatic rings. The Balaban J connectivity index is 2.54. The second-order valence-corrected chi connectivity index (χ2v) is 5.48. The van der Waals surface area contributed by atoms with Crippen molar-refractivity contribution in [2.75, 3.05) is 7.05 Å². The molecule has 3 heteroatoms. The van der Waals surface area contributed by atoms with E-state index in [0.717, 1.165) is 12.2 Å². The molecule has 2 nitrogen and oxygen atoms in total. The van der Waals surface area contributed by atoms with Crippen molar-refractivity contribution < 1.29 is 4.74 Å². The summed E-state index contributed by atoms with van der Waals surface area (Å²) in [4.78, 5) is 0. The average molecular weight is 240 g/mol. The molecule has 1 unspecified atom stereocenters. The van der Waals surface area contributed by atoms with Gasteiger partial charge in [0.2, 0.25) is 0 Å². The van der Waals surface area contributed by atoms with Crippen LogP contribution in [0.4, 0.5) is 0 Å². The van der Waals surface area contributed by atoms with Crippen LogP contribution in [0.2, 0.25) is 5.02 Å². The van der Waals surface area contributed by atoms with Crippen LogP contribution in [0.5, 0.6) is 5.75 Å².